The Labute approximate surface area is 402 Å². The number of rotatable bonds is 18. The van der Waals surface area contributed by atoms with E-state index in [1.807, 2.05) is 12.3 Å². The number of carbonyl (C=O) groups is 4. The van der Waals surface area contributed by atoms with Crippen LogP contribution < -0.4 is 0 Å². The highest BCUT2D eigenvalue weighted by Gasteiger charge is 2.54. The van der Waals surface area contributed by atoms with Crippen molar-refractivity contribution in [2.45, 2.75) is 184 Å². The minimum Gasteiger partial charge on any atom is -0.466 e. The van der Waals surface area contributed by atoms with E-state index in [1.54, 1.807) is 18.7 Å². The van der Waals surface area contributed by atoms with Crippen LogP contribution in [0.5, 0.6) is 0 Å². The number of hydrogen-bond acceptors (Lipinski definition) is 7. The zero-order valence-corrected chi connectivity index (χ0v) is 43.5. The van der Waals surface area contributed by atoms with E-state index < -0.39 is 5.41 Å². The van der Waals surface area contributed by atoms with Crippen LogP contribution in [0, 0.1) is 27.6 Å². The fraction of sp³-hybridized carbons (Fsp3) is 0.673. The molecule has 362 valence electrons. The number of ether oxygens (including phenoxy) is 2. The van der Waals surface area contributed by atoms with Crippen LogP contribution in [-0.2, 0) is 52.3 Å². The van der Waals surface area contributed by atoms with Crippen LogP contribution in [0.1, 0.15) is 182 Å². The summed E-state index contributed by atoms with van der Waals surface area (Å²) in [5.74, 6) is -0.366. The Morgan fingerprint density at radius 1 is 0.754 bits per heavy atom. The Bertz CT molecular complexity index is 2020. The van der Waals surface area contributed by atoms with Crippen molar-refractivity contribution in [3.8, 4) is 0 Å². The third-order valence-corrected chi connectivity index (χ3v) is 15.2. The summed E-state index contributed by atoms with van der Waals surface area (Å²) in [5.41, 5.74) is 5.41. The van der Waals surface area contributed by atoms with Crippen LogP contribution in [0.15, 0.2) is 48.2 Å². The van der Waals surface area contributed by atoms with Gasteiger partial charge in [-0.15, -0.1) is 0 Å². The van der Waals surface area contributed by atoms with Crippen molar-refractivity contribution in [3.63, 3.8) is 0 Å². The summed E-state index contributed by atoms with van der Waals surface area (Å²) >= 11 is 13.5. The monoisotopic (exact) mass is 938 g/mol. The molecular weight excluding hydrogens is 858 g/mol. The number of fused-ring (bicyclic) bond motifs is 1. The summed E-state index contributed by atoms with van der Waals surface area (Å²) in [6.07, 6.45) is 11.8. The maximum atomic E-state index is 13.2. The minimum atomic E-state index is -0.439. The number of aliphatic hydroxyl groups is 1. The van der Waals surface area contributed by atoms with Gasteiger partial charge in [0.2, 0.25) is 5.91 Å². The number of aliphatic hydroxyl groups excluding tert-OH is 1. The van der Waals surface area contributed by atoms with Gasteiger partial charge in [-0.25, -0.2) is 0 Å². The van der Waals surface area contributed by atoms with Crippen molar-refractivity contribution < 1.29 is 33.8 Å². The number of carbonyl (C=O) groups excluding carboxylic acids is 4. The molecule has 0 radical (unpaired) electrons. The lowest BCUT2D eigenvalue weighted by atomic mass is 9.64. The standard InChI is InChI=1S/C28H43ClO4.C27H38ClNO3/c1-7-33-25(32)10-8-9-22(31)18-28(16-15-27(5,6)24(28)19-30)21-12-11-20(23(29)17-21)13-14-26(2,3)4;1-7-32-24(31)11-15-29-18-22-26(5,6)13-14-27(22,17-23(29)30)20-9-8-19(21(28)16-20)10-12-25(2,3)4/h11-12,17,24,30H,7-10,13-16,18-19H2,1-6H3;8-9,16,18H,7,10-15,17H2,1-6H3. The van der Waals surface area contributed by atoms with Gasteiger partial charge in [-0.3, -0.25) is 19.2 Å². The maximum Gasteiger partial charge on any atom is 0.307 e. The van der Waals surface area contributed by atoms with E-state index in [4.69, 9.17) is 32.7 Å². The lowest BCUT2D eigenvalue weighted by Crippen LogP contribution is -2.43. The van der Waals surface area contributed by atoms with Gasteiger partial charge < -0.3 is 19.5 Å². The van der Waals surface area contributed by atoms with E-state index in [9.17, 15) is 24.3 Å². The second-order valence-corrected chi connectivity index (χ2v) is 23.6. The number of allylic oxidation sites excluding steroid dienone is 1. The average molecular weight is 939 g/mol. The van der Waals surface area contributed by atoms with Gasteiger partial charge in [0.1, 0.15) is 5.78 Å². The van der Waals surface area contributed by atoms with Gasteiger partial charge in [-0.05, 0) is 139 Å². The molecule has 0 spiro atoms. The molecule has 3 unspecified atom stereocenters. The molecule has 1 heterocycles. The van der Waals surface area contributed by atoms with Crippen molar-refractivity contribution in [3.05, 3.63) is 80.5 Å². The number of Topliss-reactive ketones (excluding diaryl/α,β-unsaturated/α-hetero) is 1. The SMILES string of the molecule is CCOC(=O)CCCC(=O)CC1(c2ccc(CCC(C)(C)C)c(Cl)c2)CCC(C)(C)C1CO.CCOC(=O)CCN1C=C2C(C)(C)CCC2(c2ccc(CCC(C)(C)C)c(Cl)c2)CC1=O. The van der Waals surface area contributed by atoms with Crippen LogP contribution in [0.3, 0.4) is 0 Å². The van der Waals surface area contributed by atoms with E-state index in [-0.39, 0.29) is 76.1 Å². The number of halogens is 2. The fourth-order valence-corrected chi connectivity index (χ4v) is 11.1. The molecule has 2 aromatic rings. The summed E-state index contributed by atoms with van der Waals surface area (Å²) in [6.45, 7) is 27.0. The van der Waals surface area contributed by atoms with E-state index in [1.165, 1.54) is 11.1 Å². The van der Waals surface area contributed by atoms with Crippen molar-refractivity contribution in [1.29, 1.82) is 0 Å². The highest BCUT2D eigenvalue weighted by atomic mass is 35.5. The molecule has 10 heteroatoms. The Kier molecular flexibility index (Phi) is 18.6. The largest absolute Gasteiger partial charge is 0.466 e. The van der Waals surface area contributed by atoms with E-state index in [0.29, 0.717) is 45.4 Å². The fourth-order valence-electron chi connectivity index (χ4n) is 10.5. The zero-order valence-electron chi connectivity index (χ0n) is 41.9. The van der Waals surface area contributed by atoms with Crippen molar-refractivity contribution in [1.82, 2.24) is 4.90 Å². The molecule has 0 bridgehead atoms. The van der Waals surface area contributed by atoms with Gasteiger partial charge in [0.15, 0.2) is 0 Å². The van der Waals surface area contributed by atoms with Gasteiger partial charge in [-0.2, -0.15) is 0 Å². The third kappa shape index (κ3) is 14.2. The van der Waals surface area contributed by atoms with Gasteiger partial charge in [0.05, 0.1) is 19.6 Å². The zero-order chi connectivity index (χ0) is 48.6. The first-order valence-corrected chi connectivity index (χ1v) is 25.0. The Hall–Kier alpha value is -3.20. The average Bonchev–Trinajstić information content (AvgIpc) is 3.63. The maximum absolute atomic E-state index is 13.2. The number of esters is 2. The summed E-state index contributed by atoms with van der Waals surface area (Å²) in [7, 11) is 0. The molecule has 1 aliphatic heterocycles. The highest BCUT2D eigenvalue weighted by molar-refractivity contribution is 6.31. The minimum absolute atomic E-state index is 0.0136. The first-order chi connectivity index (χ1) is 30.2. The van der Waals surface area contributed by atoms with Crippen LogP contribution in [0.2, 0.25) is 10.0 Å². The van der Waals surface area contributed by atoms with Crippen LogP contribution >= 0.6 is 23.2 Å². The number of ketones is 1. The molecule has 3 aliphatic rings. The second-order valence-electron chi connectivity index (χ2n) is 22.8. The quantitative estimate of drug-likeness (QED) is 0.148. The lowest BCUT2D eigenvalue weighted by molar-refractivity contribution is -0.144. The molecule has 1 N–H and O–H groups in total. The molecule has 2 saturated carbocycles. The second kappa shape index (κ2) is 22.3. The summed E-state index contributed by atoms with van der Waals surface area (Å²) in [5, 5.41) is 11.9. The van der Waals surface area contributed by atoms with Gasteiger partial charge in [0.25, 0.3) is 0 Å². The van der Waals surface area contributed by atoms with Gasteiger partial charge >= 0.3 is 11.9 Å². The summed E-state index contributed by atoms with van der Waals surface area (Å²) < 4.78 is 10.0. The Balaban J connectivity index is 0.000000285. The normalized spacial score (nSPS) is 22.4. The molecule has 0 aromatic heterocycles. The number of hydrogen-bond donors (Lipinski definition) is 1. The molecule has 1 amide bonds. The molecule has 0 saturated heterocycles. The van der Waals surface area contributed by atoms with Crippen LogP contribution in [0.4, 0.5) is 0 Å². The van der Waals surface area contributed by atoms with Crippen molar-refractivity contribution >= 4 is 46.8 Å². The smallest absolute Gasteiger partial charge is 0.307 e. The number of nitrogens with zero attached hydrogens (tertiary/aromatic N) is 1. The number of benzene rings is 2. The third-order valence-electron chi connectivity index (χ3n) is 14.5. The molecular formula is C55H81Cl2NO7. The molecule has 2 aromatic carbocycles. The Morgan fingerprint density at radius 3 is 1.82 bits per heavy atom. The van der Waals surface area contributed by atoms with E-state index >= 15 is 0 Å². The molecule has 2 fully saturated rings. The predicted octanol–water partition coefficient (Wildman–Crippen LogP) is 13.1. The molecule has 5 rings (SSSR count). The van der Waals surface area contributed by atoms with Gasteiger partial charge in [0, 0.05) is 65.9 Å². The summed E-state index contributed by atoms with van der Waals surface area (Å²) in [6, 6.07) is 12.7. The van der Waals surface area contributed by atoms with E-state index in [2.05, 4.69) is 99.6 Å². The van der Waals surface area contributed by atoms with E-state index in [0.717, 1.165) is 78.1 Å². The lowest BCUT2D eigenvalue weighted by Gasteiger charge is -2.41. The first-order valence-electron chi connectivity index (χ1n) is 24.3. The Morgan fingerprint density at radius 2 is 1.29 bits per heavy atom. The van der Waals surface area contributed by atoms with Crippen LogP contribution in [0.25, 0.3) is 0 Å². The van der Waals surface area contributed by atoms with Crippen molar-refractivity contribution in [2.24, 2.45) is 27.6 Å². The summed E-state index contributed by atoms with van der Waals surface area (Å²) in [4.78, 5) is 51.4. The highest BCUT2D eigenvalue weighted by Crippen LogP contribution is 2.59. The first kappa shape index (κ1) is 54.4. The molecule has 3 atom stereocenters. The molecule has 65 heavy (non-hydrogen) atoms. The number of aryl methyl sites for hydroxylation is 2. The van der Waals surface area contributed by atoms with Crippen LogP contribution in [-0.4, -0.2) is 60.0 Å². The predicted molar refractivity (Wildman–Crippen MR) is 264 cm³/mol. The molecule has 2 aliphatic carbocycles. The van der Waals surface area contributed by atoms with Gasteiger partial charge in [-0.1, -0.05) is 117 Å². The number of amides is 1. The van der Waals surface area contributed by atoms with Crippen molar-refractivity contribution in [2.75, 3.05) is 26.4 Å². The topological polar surface area (TPSA) is 110 Å². The molecule has 8 nitrogen and oxygen atoms in total.